The van der Waals surface area contributed by atoms with E-state index in [-0.39, 0.29) is 5.91 Å². The minimum atomic E-state index is 0.0125. The molecule has 1 aromatic heterocycles. The van der Waals surface area contributed by atoms with Crippen LogP contribution in [0.2, 0.25) is 0 Å². The summed E-state index contributed by atoms with van der Waals surface area (Å²) in [7, 11) is 1.66. The van der Waals surface area contributed by atoms with Gasteiger partial charge in [-0.25, -0.2) is 0 Å². The van der Waals surface area contributed by atoms with Gasteiger partial charge in [0.1, 0.15) is 11.5 Å². The normalized spacial score (nSPS) is 13.8. The number of carbonyl (C=O) groups is 1. The standard InChI is InChI=1S/C21H21NO3/c1-14(23)22-18-7-5-8-19-20(18)17(6-3-4-13-25-19)21(22)15-9-11-16(24-2)12-10-15/h5,7-12H,3-4,6,13H2,1-2H3. The Bertz CT molecular complexity index is 938. The van der Waals surface area contributed by atoms with E-state index in [2.05, 4.69) is 0 Å². The molecule has 3 aromatic rings. The highest BCUT2D eigenvalue weighted by atomic mass is 16.5. The first-order valence-corrected chi connectivity index (χ1v) is 8.65. The Hall–Kier alpha value is -2.75. The molecule has 0 fully saturated rings. The Morgan fingerprint density at radius 3 is 2.64 bits per heavy atom. The van der Waals surface area contributed by atoms with Crippen LogP contribution in [0.25, 0.3) is 22.2 Å². The Labute approximate surface area is 147 Å². The molecule has 1 aliphatic heterocycles. The number of aromatic nitrogens is 1. The lowest BCUT2D eigenvalue weighted by Gasteiger charge is -2.13. The van der Waals surface area contributed by atoms with Crippen LogP contribution in [0.4, 0.5) is 0 Å². The van der Waals surface area contributed by atoms with Gasteiger partial charge in [-0.15, -0.1) is 0 Å². The number of rotatable bonds is 2. The third kappa shape index (κ3) is 2.58. The highest BCUT2D eigenvalue weighted by Crippen LogP contribution is 2.40. The van der Waals surface area contributed by atoms with Gasteiger partial charge < -0.3 is 9.47 Å². The number of aryl methyl sites for hydroxylation is 1. The largest absolute Gasteiger partial charge is 0.497 e. The first kappa shape index (κ1) is 15.8. The second-order valence-corrected chi connectivity index (χ2v) is 6.37. The molecule has 1 aliphatic rings. The number of benzene rings is 2. The molecule has 128 valence electrons. The summed E-state index contributed by atoms with van der Waals surface area (Å²) < 4.78 is 13.1. The van der Waals surface area contributed by atoms with E-state index in [4.69, 9.17) is 9.47 Å². The van der Waals surface area contributed by atoms with Crippen LogP contribution in [0, 0.1) is 0 Å². The zero-order valence-corrected chi connectivity index (χ0v) is 14.5. The first-order chi connectivity index (χ1) is 12.2. The van der Waals surface area contributed by atoms with Crippen LogP contribution in [0.15, 0.2) is 42.5 Å². The number of hydrogen-bond donors (Lipinski definition) is 0. The summed E-state index contributed by atoms with van der Waals surface area (Å²) in [6.07, 6.45) is 3.01. The van der Waals surface area contributed by atoms with Crippen LogP contribution < -0.4 is 9.47 Å². The van der Waals surface area contributed by atoms with Gasteiger partial charge >= 0.3 is 0 Å². The maximum Gasteiger partial charge on any atom is 0.228 e. The highest BCUT2D eigenvalue weighted by Gasteiger charge is 2.24. The van der Waals surface area contributed by atoms with E-state index in [9.17, 15) is 4.79 Å². The zero-order chi connectivity index (χ0) is 17.4. The average Bonchev–Trinajstić information content (AvgIpc) is 2.94. The Morgan fingerprint density at radius 2 is 1.92 bits per heavy atom. The number of methoxy groups -OCH3 is 1. The summed E-state index contributed by atoms with van der Waals surface area (Å²) >= 11 is 0. The lowest BCUT2D eigenvalue weighted by atomic mass is 9.99. The molecule has 0 radical (unpaired) electrons. The molecule has 0 saturated carbocycles. The minimum absolute atomic E-state index is 0.0125. The van der Waals surface area contributed by atoms with Crippen LogP contribution in [0.1, 0.15) is 30.1 Å². The molecule has 2 aromatic carbocycles. The third-order valence-electron chi connectivity index (χ3n) is 4.81. The monoisotopic (exact) mass is 335 g/mol. The predicted octanol–water partition coefficient (Wildman–Crippen LogP) is 4.69. The summed E-state index contributed by atoms with van der Waals surface area (Å²) in [6, 6.07) is 13.9. The smallest absolute Gasteiger partial charge is 0.228 e. The maximum atomic E-state index is 12.5. The lowest BCUT2D eigenvalue weighted by molar-refractivity contribution is 0.0943. The number of carbonyl (C=O) groups excluding carboxylic acids is 1. The van der Waals surface area contributed by atoms with Crippen LogP contribution in [-0.4, -0.2) is 24.2 Å². The van der Waals surface area contributed by atoms with Gasteiger partial charge in [-0.05, 0) is 66.8 Å². The van der Waals surface area contributed by atoms with Gasteiger partial charge in [-0.3, -0.25) is 9.36 Å². The van der Waals surface area contributed by atoms with Gasteiger partial charge in [0.25, 0.3) is 0 Å². The van der Waals surface area contributed by atoms with Crippen LogP contribution in [-0.2, 0) is 6.42 Å². The van der Waals surface area contributed by atoms with Crippen molar-refractivity contribution in [1.82, 2.24) is 4.57 Å². The summed E-state index contributed by atoms with van der Waals surface area (Å²) in [5.41, 5.74) is 4.12. The lowest BCUT2D eigenvalue weighted by Crippen LogP contribution is -2.07. The molecule has 0 saturated heterocycles. The highest BCUT2D eigenvalue weighted by molar-refractivity contribution is 6.03. The van der Waals surface area contributed by atoms with Crippen molar-refractivity contribution in [3.05, 3.63) is 48.0 Å². The van der Waals surface area contributed by atoms with Crippen molar-refractivity contribution in [3.8, 4) is 22.8 Å². The summed E-state index contributed by atoms with van der Waals surface area (Å²) in [4.78, 5) is 12.5. The van der Waals surface area contributed by atoms with E-state index in [0.717, 1.165) is 59.5 Å². The molecular weight excluding hydrogens is 314 g/mol. The molecule has 25 heavy (non-hydrogen) atoms. The molecule has 0 atom stereocenters. The van der Waals surface area contributed by atoms with Crippen molar-refractivity contribution >= 4 is 16.8 Å². The Kier molecular flexibility index (Phi) is 3.96. The van der Waals surface area contributed by atoms with Crippen molar-refractivity contribution in [3.63, 3.8) is 0 Å². The molecule has 2 heterocycles. The van der Waals surface area contributed by atoms with Crippen molar-refractivity contribution < 1.29 is 14.3 Å². The zero-order valence-electron chi connectivity index (χ0n) is 14.5. The minimum Gasteiger partial charge on any atom is -0.497 e. The van der Waals surface area contributed by atoms with Crippen molar-refractivity contribution in [2.45, 2.75) is 26.2 Å². The Morgan fingerprint density at radius 1 is 1.12 bits per heavy atom. The fourth-order valence-corrected chi connectivity index (χ4v) is 3.71. The third-order valence-corrected chi connectivity index (χ3v) is 4.81. The van der Waals surface area contributed by atoms with Crippen LogP contribution in [0.5, 0.6) is 11.5 Å². The van der Waals surface area contributed by atoms with Gasteiger partial charge in [-0.2, -0.15) is 0 Å². The summed E-state index contributed by atoms with van der Waals surface area (Å²) in [5, 5.41) is 1.07. The Balaban J connectivity index is 2.06. The van der Waals surface area contributed by atoms with Gasteiger partial charge in [0.05, 0.1) is 24.9 Å². The van der Waals surface area contributed by atoms with Crippen molar-refractivity contribution in [2.24, 2.45) is 0 Å². The van der Waals surface area contributed by atoms with E-state index < -0.39 is 0 Å². The molecule has 4 nitrogen and oxygen atoms in total. The molecule has 0 unspecified atom stereocenters. The van der Waals surface area contributed by atoms with E-state index in [1.165, 1.54) is 5.56 Å². The fourth-order valence-electron chi connectivity index (χ4n) is 3.71. The molecule has 0 spiro atoms. The number of nitrogens with zero attached hydrogens (tertiary/aromatic N) is 1. The van der Waals surface area contributed by atoms with Crippen LogP contribution in [0.3, 0.4) is 0 Å². The topological polar surface area (TPSA) is 40.5 Å². The number of ether oxygens (including phenoxy) is 2. The molecule has 4 rings (SSSR count). The molecule has 0 bridgehead atoms. The molecule has 0 amide bonds. The SMILES string of the molecule is COc1ccc(-c2c3c4c(cccc4n2C(C)=O)OCCCC3)cc1. The van der Waals surface area contributed by atoms with Crippen LogP contribution >= 0.6 is 0 Å². The summed E-state index contributed by atoms with van der Waals surface area (Å²) in [5.74, 6) is 1.70. The number of hydrogen-bond acceptors (Lipinski definition) is 3. The molecule has 0 N–H and O–H groups in total. The molecule has 0 aliphatic carbocycles. The van der Waals surface area contributed by atoms with Gasteiger partial charge in [0, 0.05) is 12.3 Å². The van der Waals surface area contributed by atoms with Gasteiger partial charge in [0.2, 0.25) is 5.91 Å². The quantitative estimate of drug-likeness (QED) is 0.682. The predicted molar refractivity (Wildman–Crippen MR) is 98.7 cm³/mol. The van der Waals surface area contributed by atoms with E-state index in [0.29, 0.717) is 0 Å². The van der Waals surface area contributed by atoms with Crippen molar-refractivity contribution in [1.29, 1.82) is 0 Å². The van der Waals surface area contributed by atoms with Gasteiger partial charge in [0.15, 0.2) is 0 Å². The first-order valence-electron chi connectivity index (χ1n) is 8.65. The summed E-state index contributed by atoms with van der Waals surface area (Å²) in [6.45, 7) is 2.34. The second kappa shape index (κ2) is 6.28. The average molecular weight is 335 g/mol. The maximum absolute atomic E-state index is 12.5. The van der Waals surface area contributed by atoms with E-state index >= 15 is 0 Å². The van der Waals surface area contributed by atoms with E-state index in [1.54, 1.807) is 14.0 Å². The van der Waals surface area contributed by atoms with Crippen molar-refractivity contribution in [2.75, 3.05) is 13.7 Å². The van der Waals surface area contributed by atoms with Gasteiger partial charge in [-0.1, -0.05) is 6.07 Å². The second-order valence-electron chi connectivity index (χ2n) is 6.37. The molecular formula is C21H21NO3. The molecule has 4 heteroatoms. The fraction of sp³-hybridized carbons (Fsp3) is 0.286. The van der Waals surface area contributed by atoms with E-state index in [1.807, 2.05) is 47.0 Å².